The molecule has 1 aliphatic rings. The first kappa shape index (κ1) is 16.3. The molecule has 1 heteroatoms. The van der Waals surface area contributed by atoms with Crippen molar-refractivity contribution in [3.05, 3.63) is 108 Å². The van der Waals surface area contributed by atoms with E-state index in [1.807, 2.05) is 30.3 Å². The summed E-state index contributed by atoms with van der Waals surface area (Å²) in [4.78, 5) is 13.9. The van der Waals surface area contributed by atoms with Crippen molar-refractivity contribution in [1.82, 2.24) is 0 Å². The van der Waals surface area contributed by atoms with Crippen LogP contribution in [0.3, 0.4) is 0 Å². The van der Waals surface area contributed by atoms with Crippen LogP contribution >= 0.6 is 0 Å². The molecule has 29 heavy (non-hydrogen) atoms. The molecule has 0 saturated heterocycles. The fourth-order valence-electron chi connectivity index (χ4n) is 4.88. The van der Waals surface area contributed by atoms with Crippen LogP contribution in [0.15, 0.2) is 91.0 Å². The van der Waals surface area contributed by atoms with Crippen molar-refractivity contribution in [3.8, 4) is 22.3 Å². The van der Waals surface area contributed by atoms with E-state index in [0.29, 0.717) is 0 Å². The van der Waals surface area contributed by atoms with Crippen LogP contribution in [0, 0.1) is 6.92 Å². The van der Waals surface area contributed by atoms with Gasteiger partial charge in [0.15, 0.2) is 5.78 Å². The van der Waals surface area contributed by atoms with Gasteiger partial charge in [-0.3, -0.25) is 4.79 Å². The van der Waals surface area contributed by atoms with E-state index in [1.54, 1.807) is 0 Å². The number of aryl methyl sites for hydroxylation is 1. The van der Waals surface area contributed by atoms with Gasteiger partial charge in [0.05, 0.1) is 0 Å². The van der Waals surface area contributed by atoms with Crippen LogP contribution in [0.4, 0.5) is 0 Å². The molecule has 0 radical (unpaired) electrons. The minimum Gasteiger partial charge on any atom is -0.289 e. The highest BCUT2D eigenvalue weighted by Gasteiger charge is 2.28. The van der Waals surface area contributed by atoms with E-state index in [9.17, 15) is 4.79 Å². The Hall–Kier alpha value is -3.71. The summed E-state index contributed by atoms with van der Waals surface area (Å²) >= 11 is 0. The van der Waals surface area contributed by atoms with Crippen LogP contribution < -0.4 is 0 Å². The maximum Gasteiger partial charge on any atom is 0.194 e. The number of fused-ring (bicyclic) bond motifs is 4. The molecule has 136 valence electrons. The van der Waals surface area contributed by atoms with E-state index < -0.39 is 0 Å². The molecule has 6 rings (SSSR count). The summed E-state index contributed by atoms with van der Waals surface area (Å²) in [6.07, 6.45) is 0. The molecule has 0 aromatic heterocycles. The van der Waals surface area contributed by atoms with Crippen molar-refractivity contribution in [2.24, 2.45) is 0 Å². The van der Waals surface area contributed by atoms with Gasteiger partial charge in [-0.1, -0.05) is 91.0 Å². The third-order valence-electron chi connectivity index (χ3n) is 6.11. The largest absolute Gasteiger partial charge is 0.289 e. The topological polar surface area (TPSA) is 17.1 Å². The molecular formula is C28H18O. The predicted octanol–water partition coefficient (Wildman–Crippen LogP) is 7.18. The summed E-state index contributed by atoms with van der Waals surface area (Å²) in [5.41, 5.74) is 7.30. The second-order valence-corrected chi connectivity index (χ2v) is 7.75. The van der Waals surface area contributed by atoms with Crippen LogP contribution in [0.1, 0.15) is 21.5 Å². The summed E-state index contributed by atoms with van der Waals surface area (Å²) in [6, 6.07) is 31.1. The third-order valence-corrected chi connectivity index (χ3v) is 6.11. The first-order chi connectivity index (χ1) is 14.2. The summed E-state index contributed by atoms with van der Waals surface area (Å²) in [6.45, 7) is 2.06. The Labute approximate surface area is 169 Å². The Morgan fingerprint density at radius 3 is 2.21 bits per heavy atom. The molecule has 1 aliphatic carbocycles. The van der Waals surface area contributed by atoms with Crippen molar-refractivity contribution in [1.29, 1.82) is 0 Å². The maximum absolute atomic E-state index is 13.9. The average Bonchev–Trinajstić information content (AvgIpc) is 3.09. The lowest BCUT2D eigenvalue weighted by molar-refractivity contribution is 0.104. The SMILES string of the molecule is Cc1cc2cccc3c2c(c1C(=O)c1cccc2ccccc12)-c1ccccc1-3. The van der Waals surface area contributed by atoms with Gasteiger partial charge in [0.1, 0.15) is 0 Å². The second kappa shape index (κ2) is 5.89. The molecule has 5 aromatic carbocycles. The summed E-state index contributed by atoms with van der Waals surface area (Å²) in [5.74, 6) is 0.0997. The van der Waals surface area contributed by atoms with Gasteiger partial charge in [-0.2, -0.15) is 0 Å². The fraction of sp³-hybridized carbons (Fsp3) is 0.0357. The van der Waals surface area contributed by atoms with Gasteiger partial charge in [0.25, 0.3) is 0 Å². The number of benzene rings is 5. The molecule has 0 heterocycles. The highest BCUT2D eigenvalue weighted by Crippen LogP contribution is 2.49. The lowest BCUT2D eigenvalue weighted by Crippen LogP contribution is -2.07. The Morgan fingerprint density at radius 2 is 1.31 bits per heavy atom. The Bertz CT molecular complexity index is 1470. The molecule has 1 nitrogen and oxygen atoms in total. The highest BCUT2D eigenvalue weighted by molar-refractivity contribution is 6.26. The number of rotatable bonds is 2. The lowest BCUT2D eigenvalue weighted by Gasteiger charge is -2.14. The van der Waals surface area contributed by atoms with Crippen LogP contribution in [-0.2, 0) is 0 Å². The van der Waals surface area contributed by atoms with Gasteiger partial charge in [-0.05, 0) is 50.7 Å². The normalized spacial score (nSPS) is 11.8. The van der Waals surface area contributed by atoms with Gasteiger partial charge >= 0.3 is 0 Å². The molecule has 0 aliphatic heterocycles. The zero-order chi connectivity index (χ0) is 19.5. The van der Waals surface area contributed by atoms with E-state index in [2.05, 4.69) is 67.6 Å². The number of hydrogen-bond acceptors (Lipinski definition) is 1. The van der Waals surface area contributed by atoms with Gasteiger partial charge in [0.2, 0.25) is 0 Å². The van der Waals surface area contributed by atoms with Crippen molar-refractivity contribution < 1.29 is 4.79 Å². The number of ketones is 1. The van der Waals surface area contributed by atoms with Crippen LogP contribution in [-0.4, -0.2) is 5.78 Å². The van der Waals surface area contributed by atoms with Crippen molar-refractivity contribution >= 4 is 27.3 Å². The van der Waals surface area contributed by atoms with E-state index in [4.69, 9.17) is 0 Å². The van der Waals surface area contributed by atoms with Crippen LogP contribution in [0.5, 0.6) is 0 Å². The van der Waals surface area contributed by atoms with Crippen molar-refractivity contribution in [3.63, 3.8) is 0 Å². The van der Waals surface area contributed by atoms with E-state index in [1.165, 1.54) is 21.9 Å². The molecule has 0 fully saturated rings. The van der Waals surface area contributed by atoms with Crippen LogP contribution in [0.25, 0.3) is 43.8 Å². The Kier molecular flexibility index (Phi) is 3.30. The minimum absolute atomic E-state index is 0.0997. The minimum atomic E-state index is 0.0997. The van der Waals surface area contributed by atoms with Gasteiger partial charge in [0, 0.05) is 16.7 Å². The van der Waals surface area contributed by atoms with E-state index >= 15 is 0 Å². The average molecular weight is 370 g/mol. The Balaban J connectivity index is 1.72. The Morgan fingerprint density at radius 1 is 0.655 bits per heavy atom. The predicted molar refractivity (Wildman–Crippen MR) is 120 cm³/mol. The third kappa shape index (κ3) is 2.19. The van der Waals surface area contributed by atoms with E-state index in [0.717, 1.165) is 38.6 Å². The molecule has 0 unspecified atom stereocenters. The number of carbonyl (C=O) groups excluding carboxylic acids is 1. The summed E-state index contributed by atoms with van der Waals surface area (Å²) in [7, 11) is 0. The number of hydrogen-bond donors (Lipinski definition) is 0. The molecule has 0 amide bonds. The summed E-state index contributed by atoms with van der Waals surface area (Å²) < 4.78 is 0. The quantitative estimate of drug-likeness (QED) is 0.295. The lowest BCUT2D eigenvalue weighted by atomic mass is 9.87. The zero-order valence-corrected chi connectivity index (χ0v) is 16.1. The standard InChI is InChI=1S/C28H18O/c1-17-16-19-10-7-14-22-21-12-4-5-13-23(21)27(26(19)22)25(17)28(29)24-15-6-9-18-8-2-3-11-20(18)24/h2-16H,1H3. The molecule has 5 aromatic rings. The van der Waals surface area contributed by atoms with Gasteiger partial charge in [-0.15, -0.1) is 0 Å². The molecule has 0 saturated carbocycles. The van der Waals surface area contributed by atoms with Crippen molar-refractivity contribution in [2.45, 2.75) is 6.92 Å². The van der Waals surface area contributed by atoms with E-state index in [-0.39, 0.29) is 5.78 Å². The highest BCUT2D eigenvalue weighted by atomic mass is 16.1. The van der Waals surface area contributed by atoms with Crippen LogP contribution in [0.2, 0.25) is 0 Å². The maximum atomic E-state index is 13.9. The summed E-state index contributed by atoms with van der Waals surface area (Å²) in [5, 5.41) is 4.49. The molecule has 0 N–H and O–H groups in total. The first-order valence-corrected chi connectivity index (χ1v) is 9.92. The molecule has 0 bridgehead atoms. The second-order valence-electron chi connectivity index (χ2n) is 7.75. The molecule has 0 spiro atoms. The van der Waals surface area contributed by atoms with Gasteiger partial charge < -0.3 is 0 Å². The van der Waals surface area contributed by atoms with Gasteiger partial charge in [-0.25, -0.2) is 0 Å². The fourth-order valence-corrected chi connectivity index (χ4v) is 4.88. The first-order valence-electron chi connectivity index (χ1n) is 9.92. The smallest absolute Gasteiger partial charge is 0.194 e. The monoisotopic (exact) mass is 370 g/mol. The zero-order valence-electron chi connectivity index (χ0n) is 16.1. The molecule has 0 atom stereocenters. The van der Waals surface area contributed by atoms with Crippen molar-refractivity contribution in [2.75, 3.05) is 0 Å². The number of carbonyl (C=O) groups is 1. The molecular weight excluding hydrogens is 352 g/mol.